The quantitative estimate of drug-likeness (QED) is 0.883. The first-order valence-electron chi connectivity index (χ1n) is 6.82. The predicted molar refractivity (Wildman–Crippen MR) is 74.6 cm³/mol. The SMILES string of the molecule is CC1CN(C)CCCN1CC(O)c1ccccc1. The summed E-state index contributed by atoms with van der Waals surface area (Å²) in [5.41, 5.74) is 1.02. The van der Waals surface area contributed by atoms with Gasteiger partial charge >= 0.3 is 0 Å². The number of rotatable bonds is 3. The maximum Gasteiger partial charge on any atom is 0.0917 e. The van der Waals surface area contributed by atoms with Gasteiger partial charge < -0.3 is 10.0 Å². The van der Waals surface area contributed by atoms with E-state index in [4.69, 9.17) is 0 Å². The van der Waals surface area contributed by atoms with E-state index in [0.717, 1.165) is 31.7 Å². The van der Waals surface area contributed by atoms with Crippen LogP contribution in [0.5, 0.6) is 0 Å². The largest absolute Gasteiger partial charge is 0.387 e. The number of hydrogen-bond acceptors (Lipinski definition) is 3. The molecule has 0 aromatic heterocycles. The van der Waals surface area contributed by atoms with Crippen molar-refractivity contribution in [2.24, 2.45) is 0 Å². The van der Waals surface area contributed by atoms with Crippen LogP contribution in [0.1, 0.15) is 25.0 Å². The van der Waals surface area contributed by atoms with Gasteiger partial charge in [0.2, 0.25) is 0 Å². The number of nitrogens with zero attached hydrogens (tertiary/aromatic N) is 2. The Bertz CT molecular complexity index is 355. The van der Waals surface area contributed by atoms with Crippen molar-refractivity contribution in [2.45, 2.75) is 25.5 Å². The molecule has 1 aliphatic heterocycles. The third-order valence-corrected chi connectivity index (χ3v) is 3.78. The van der Waals surface area contributed by atoms with E-state index in [0.29, 0.717) is 6.04 Å². The summed E-state index contributed by atoms with van der Waals surface area (Å²) in [7, 11) is 2.17. The number of hydrogen-bond donors (Lipinski definition) is 1. The highest BCUT2D eigenvalue weighted by molar-refractivity contribution is 5.17. The van der Waals surface area contributed by atoms with E-state index in [1.807, 2.05) is 30.3 Å². The summed E-state index contributed by atoms with van der Waals surface area (Å²) in [6, 6.07) is 10.5. The van der Waals surface area contributed by atoms with Gasteiger partial charge in [-0.25, -0.2) is 0 Å². The molecule has 2 unspecified atom stereocenters. The van der Waals surface area contributed by atoms with E-state index in [-0.39, 0.29) is 6.10 Å². The first kappa shape index (κ1) is 13.5. The maximum absolute atomic E-state index is 10.3. The minimum Gasteiger partial charge on any atom is -0.387 e. The molecule has 100 valence electrons. The molecule has 1 fully saturated rings. The molecule has 2 rings (SSSR count). The summed E-state index contributed by atoms with van der Waals surface area (Å²) >= 11 is 0. The van der Waals surface area contributed by atoms with Gasteiger partial charge in [-0.2, -0.15) is 0 Å². The van der Waals surface area contributed by atoms with Gasteiger partial charge in [0, 0.05) is 19.1 Å². The van der Waals surface area contributed by atoms with Crippen molar-refractivity contribution >= 4 is 0 Å². The normalized spacial score (nSPS) is 24.7. The second-order valence-corrected chi connectivity index (χ2v) is 5.39. The maximum atomic E-state index is 10.3. The fourth-order valence-electron chi connectivity index (χ4n) is 2.70. The molecular formula is C15H24N2O. The molecule has 0 radical (unpaired) electrons. The number of likely N-dealkylation sites (N-methyl/N-ethyl adjacent to an activating group) is 1. The number of β-amino-alcohol motifs (C(OH)–C–C–N with tert-alkyl or cyclic N) is 1. The van der Waals surface area contributed by atoms with E-state index < -0.39 is 0 Å². The second-order valence-electron chi connectivity index (χ2n) is 5.39. The van der Waals surface area contributed by atoms with Crippen molar-refractivity contribution < 1.29 is 5.11 Å². The Kier molecular flexibility index (Phi) is 4.75. The molecule has 2 atom stereocenters. The molecule has 3 nitrogen and oxygen atoms in total. The van der Waals surface area contributed by atoms with Crippen molar-refractivity contribution in [3.63, 3.8) is 0 Å². The predicted octanol–water partition coefficient (Wildman–Crippen LogP) is 1.75. The molecule has 0 aliphatic carbocycles. The summed E-state index contributed by atoms with van der Waals surface area (Å²) < 4.78 is 0. The van der Waals surface area contributed by atoms with Gasteiger partial charge in [0.15, 0.2) is 0 Å². The van der Waals surface area contributed by atoms with Gasteiger partial charge in [0.05, 0.1) is 6.10 Å². The van der Waals surface area contributed by atoms with Gasteiger partial charge in [0.1, 0.15) is 0 Å². The van der Waals surface area contributed by atoms with E-state index >= 15 is 0 Å². The van der Waals surface area contributed by atoms with E-state index in [2.05, 4.69) is 23.8 Å². The molecule has 1 aliphatic rings. The van der Waals surface area contributed by atoms with Gasteiger partial charge in [0.25, 0.3) is 0 Å². The van der Waals surface area contributed by atoms with Crippen LogP contribution in [0.2, 0.25) is 0 Å². The minimum atomic E-state index is -0.378. The number of aliphatic hydroxyl groups excluding tert-OH is 1. The molecule has 0 bridgehead atoms. The molecule has 3 heteroatoms. The minimum absolute atomic E-state index is 0.378. The summed E-state index contributed by atoms with van der Waals surface area (Å²) in [4.78, 5) is 4.78. The molecule has 1 heterocycles. The molecular weight excluding hydrogens is 224 g/mol. The lowest BCUT2D eigenvalue weighted by atomic mass is 10.1. The number of benzene rings is 1. The van der Waals surface area contributed by atoms with Crippen LogP contribution in [0.15, 0.2) is 30.3 Å². The lowest BCUT2D eigenvalue weighted by Gasteiger charge is -2.29. The molecule has 1 aromatic rings. The smallest absolute Gasteiger partial charge is 0.0917 e. The monoisotopic (exact) mass is 248 g/mol. The van der Waals surface area contributed by atoms with Gasteiger partial charge in [-0.1, -0.05) is 30.3 Å². The fraction of sp³-hybridized carbons (Fsp3) is 0.600. The third kappa shape index (κ3) is 3.55. The molecule has 18 heavy (non-hydrogen) atoms. The van der Waals surface area contributed by atoms with Crippen LogP contribution >= 0.6 is 0 Å². The zero-order valence-electron chi connectivity index (χ0n) is 11.4. The first-order chi connectivity index (χ1) is 8.66. The van der Waals surface area contributed by atoms with Crippen LogP contribution in [0, 0.1) is 0 Å². The molecule has 0 amide bonds. The molecule has 1 saturated heterocycles. The summed E-state index contributed by atoms with van der Waals surface area (Å²) in [5.74, 6) is 0. The highest BCUT2D eigenvalue weighted by Gasteiger charge is 2.22. The lowest BCUT2D eigenvalue weighted by Crippen LogP contribution is -2.40. The zero-order chi connectivity index (χ0) is 13.0. The Labute approximate surface area is 110 Å². The van der Waals surface area contributed by atoms with Crippen molar-refractivity contribution in [3.05, 3.63) is 35.9 Å². The van der Waals surface area contributed by atoms with Crippen molar-refractivity contribution in [3.8, 4) is 0 Å². The molecule has 1 N–H and O–H groups in total. The van der Waals surface area contributed by atoms with E-state index in [9.17, 15) is 5.11 Å². The highest BCUT2D eigenvalue weighted by Crippen LogP contribution is 2.17. The summed E-state index contributed by atoms with van der Waals surface area (Å²) in [6.07, 6.45) is 0.805. The zero-order valence-corrected chi connectivity index (χ0v) is 11.4. The Hall–Kier alpha value is -0.900. The van der Waals surface area contributed by atoms with Crippen LogP contribution < -0.4 is 0 Å². The average Bonchev–Trinajstić information content (AvgIpc) is 2.52. The Balaban J connectivity index is 1.96. The van der Waals surface area contributed by atoms with E-state index in [1.165, 1.54) is 6.42 Å². The average molecular weight is 248 g/mol. The van der Waals surface area contributed by atoms with Gasteiger partial charge in [-0.3, -0.25) is 4.90 Å². The lowest BCUT2D eigenvalue weighted by molar-refractivity contribution is 0.0920. The van der Waals surface area contributed by atoms with Gasteiger partial charge in [-0.15, -0.1) is 0 Å². The van der Waals surface area contributed by atoms with Crippen LogP contribution in [0.3, 0.4) is 0 Å². The topological polar surface area (TPSA) is 26.7 Å². The van der Waals surface area contributed by atoms with Crippen LogP contribution in [0.25, 0.3) is 0 Å². The Morgan fingerprint density at radius 1 is 1.28 bits per heavy atom. The molecule has 0 saturated carbocycles. The first-order valence-corrected chi connectivity index (χ1v) is 6.82. The van der Waals surface area contributed by atoms with Crippen LogP contribution in [-0.2, 0) is 0 Å². The van der Waals surface area contributed by atoms with Crippen LogP contribution in [-0.4, -0.2) is 54.2 Å². The molecule has 0 spiro atoms. The summed E-state index contributed by atoms with van der Waals surface area (Å²) in [6.45, 7) is 6.30. The van der Waals surface area contributed by atoms with Crippen molar-refractivity contribution in [1.29, 1.82) is 0 Å². The van der Waals surface area contributed by atoms with Gasteiger partial charge in [-0.05, 0) is 39.0 Å². The third-order valence-electron chi connectivity index (χ3n) is 3.78. The summed E-state index contributed by atoms with van der Waals surface area (Å²) in [5, 5.41) is 10.3. The highest BCUT2D eigenvalue weighted by atomic mass is 16.3. The Morgan fingerprint density at radius 2 is 2.00 bits per heavy atom. The van der Waals surface area contributed by atoms with Crippen LogP contribution in [0.4, 0.5) is 0 Å². The fourth-order valence-corrected chi connectivity index (χ4v) is 2.70. The van der Waals surface area contributed by atoms with Crippen molar-refractivity contribution in [2.75, 3.05) is 33.2 Å². The second kappa shape index (κ2) is 6.32. The standard InChI is InChI=1S/C15H24N2O/c1-13-11-16(2)9-6-10-17(13)12-15(18)14-7-4-3-5-8-14/h3-5,7-8,13,15,18H,6,9-12H2,1-2H3. The van der Waals surface area contributed by atoms with Crippen molar-refractivity contribution in [1.82, 2.24) is 9.80 Å². The molecule has 1 aromatic carbocycles. The Morgan fingerprint density at radius 3 is 2.72 bits per heavy atom. The number of aliphatic hydroxyl groups is 1. The van der Waals surface area contributed by atoms with E-state index in [1.54, 1.807) is 0 Å².